The minimum absolute atomic E-state index is 0.227. The second-order valence-electron chi connectivity index (χ2n) is 5.27. The molecule has 19 heavy (non-hydrogen) atoms. The lowest BCUT2D eigenvalue weighted by atomic mass is 10.2. The molecule has 3 rings (SSSR count). The van der Waals surface area contributed by atoms with Gasteiger partial charge in [0.1, 0.15) is 0 Å². The van der Waals surface area contributed by atoms with Crippen LogP contribution in [0.25, 0.3) is 4.96 Å². The van der Waals surface area contributed by atoms with Crippen molar-refractivity contribution in [3.8, 4) is 0 Å². The highest BCUT2D eigenvalue weighted by atomic mass is 32.1. The van der Waals surface area contributed by atoms with E-state index in [4.69, 9.17) is 4.98 Å². The van der Waals surface area contributed by atoms with Gasteiger partial charge in [-0.3, -0.25) is 9.30 Å². The Balaban J connectivity index is 1.88. The van der Waals surface area contributed by atoms with Gasteiger partial charge < -0.3 is 5.11 Å². The number of thiazole rings is 1. The predicted molar refractivity (Wildman–Crippen MR) is 77.7 cm³/mol. The number of aliphatic hydroxyl groups excluding tert-OH is 1. The SMILES string of the molecule is CCCN(CCO)Cc1c(C2CC2)nc2sccn12. The molecule has 5 heteroatoms. The monoisotopic (exact) mass is 279 g/mol. The van der Waals surface area contributed by atoms with Crippen molar-refractivity contribution in [1.82, 2.24) is 14.3 Å². The molecule has 104 valence electrons. The highest BCUT2D eigenvalue weighted by molar-refractivity contribution is 7.15. The average molecular weight is 279 g/mol. The molecule has 0 amide bonds. The summed E-state index contributed by atoms with van der Waals surface area (Å²) in [6.45, 7) is 5.09. The second-order valence-corrected chi connectivity index (χ2v) is 6.15. The molecule has 1 fully saturated rings. The van der Waals surface area contributed by atoms with E-state index in [1.54, 1.807) is 11.3 Å². The number of nitrogens with zero attached hydrogens (tertiary/aromatic N) is 3. The molecule has 0 bridgehead atoms. The number of aromatic nitrogens is 2. The third-order valence-corrected chi connectivity index (χ3v) is 4.44. The van der Waals surface area contributed by atoms with Crippen molar-refractivity contribution in [2.45, 2.75) is 38.6 Å². The van der Waals surface area contributed by atoms with Crippen LogP contribution in [0.2, 0.25) is 0 Å². The number of fused-ring (bicyclic) bond motifs is 1. The van der Waals surface area contributed by atoms with Crippen LogP contribution in [0.5, 0.6) is 0 Å². The number of hydrogen-bond donors (Lipinski definition) is 1. The van der Waals surface area contributed by atoms with Crippen LogP contribution in [0.1, 0.15) is 43.5 Å². The van der Waals surface area contributed by atoms with Gasteiger partial charge in [-0.25, -0.2) is 4.98 Å². The fourth-order valence-electron chi connectivity index (χ4n) is 2.63. The minimum Gasteiger partial charge on any atom is -0.395 e. The van der Waals surface area contributed by atoms with E-state index in [2.05, 4.69) is 27.8 Å². The van der Waals surface area contributed by atoms with Crippen LogP contribution in [-0.4, -0.2) is 39.1 Å². The Kier molecular flexibility index (Phi) is 3.86. The quantitative estimate of drug-likeness (QED) is 0.846. The number of hydrogen-bond acceptors (Lipinski definition) is 4. The summed E-state index contributed by atoms with van der Waals surface area (Å²) < 4.78 is 2.23. The fourth-order valence-corrected chi connectivity index (χ4v) is 3.37. The maximum absolute atomic E-state index is 9.19. The summed E-state index contributed by atoms with van der Waals surface area (Å²) in [6, 6.07) is 0. The highest BCUT2D eigenvalue weighted by Gasteiger charge is 2.30. The molecular weight excluding hydrogens is 258 g/mol. The van der Waals surface area contributed by atoms with E-state index >= 15 is 0 Å². The van der Waals surface area contributed by atoms with Gasteiger partial charge in [-0.05, 0) is 25.8 Å². The molecule has 0 spiro atoms. The second kappa shape index (κ2) is 5.61. The first-order valence-electron chi connectivity index (χ1n) is 7.11. The smallest absolute Gasteiger partial charge is 0.194 e. The Morgan fingerprint density at radius 2 is 2.32 bits per heavy atom. The van der Waals surface area contributed by atoms with Crippen LogP contribution in [0.4, 0.5) is 0 Å². The summed E-state index contributed by atoms with van der Waals surface area (Å²) in [5.74, 6) is 0.680. The summed E-state index contributed by atoms with van der Waals surface area (Å²) in [5, 5.41) is 11.3. The maximum atomic E-state index is 9.19. The number of aliphatic hydroxyl groups is 1. The summed E-state index contributed by atoms with van der Waals surface area (Å²) in [7, 11) is 0. The van der Waals surface area contributed by atoms with Crippen LogP contribution < -0.4 is 0 Å². The Labute approximate surface area is 117 Å². The molecule has 2 aromatic heterocycles. The van der Waals surface area contributed by atoms with Crippen molar-refractivity contribution in [2.75, 3.05) is 19.7 Å². The molecular formula is C14H21N3OS. The van der Waals surface area contributed by atoms with Gasteiger partial charge in [0.15, 0.2) is 4.96 Å². The molecule has 0 unspecified atom stereocenters. The van der Waals surface area contributed by atoms with E-state index in [9.17, 15) is 5.11 Å². The van der Waals surface area contributed by atoms with Gasteiger partial charge >= 0.3 is 0 Å². The molecule has 4 nitrogen and oxygen atoms in total. The molecule has 0 atom stereocenters. The molecule has 1 aliphatic rings. The van der Waals surface area contributed by atoms with Gasteiger partial charge in [0.2, 0.25) is 0 Å². The lowest BCUT2D eigenvalue weighted by Gasteiger charge is -2.20. The fraction of sp³-hybridized carbons (Fsp3) is 0.643. The van der Waals surface area contributed by atoms with Crippen molar-refractivity contribution < 1.29 is 5.11 Å². The lowest BCUT2D eigenvalue weighted by Crippen LogP contribution is -2.28. The summed E-state index contributed by atoms with van der Waals surface area (Å²) in [6.07, 6.45) is 5.80. The third kappa shape index (κ3) is 2.68. The van der Waals surface area contributed by atoms with E-state index in [0.717, 1.165) is 31.0 Å². The minimum atomic E-state index is 0.227. The third-order valence-electron chi connectivity index (χ3n) is 3.69. The van der Waals surface area contributed by atoms with Crippen LogP contribution >= 0.6 is 11.3 Å². The molecule has 1 saturated carbocycles. The molecule has 2 heterocycles. The maximum Gasteiger partial charge on any atom is 0.194 e. The van der Waals surface area contributed by atoms with Crippen LogP contribution in [0.15, 0.2) is 11.6 Å². The molecule has 1 aliphatic carbocycles. The van der Waals surface area contributed by atoms with Crippen LogP contribution in [0, 0.1) is 0 Å². The van der Waals surface area contributed by atoms with Crippen LogP contribution in [0.3, 0.4) is 0 Å². The Bertz CT molecular complexity index is 538. The largest absolute Gasteiger partial charge is 0.395 e. The van der Waals surface area contributed by atoms with Crippen molar-refractivity contribution in [3.63, 3.8) is 0 Å². The topological polar surface area (TPSA) is 40.8 Å². The van der Waals surface area contributed by atoms with Gasteiger partial charge in [0.25, 0.3) is 0 Å². The van der Waals surface area contributed by atoms with Gasteiger partial charge in [-0.1, -0.05) is 6.92 Å². The number of rotatable bonds is 7. The zero-order chi connectivity index (χ0) is 13.2. The normalized spacial score (nSPS) is 15.7. The van der Waals surface area contributed by atoms with Crippen molar-refractivity contribution in [3.05, 3.63) is 23.0 Å². The van der Waals surface area contributed by atoms with Crippen molar-refractivity contribution in [1.29, 1.82) is 0 Å². The van der Waals surface area contributed by atoms with Gasteiger partial charge in [0, 0.05) is 30.6 Å². The van der Waals surface area contributed by atoms with Gasteiger partial charge in [-0.15, -0.1) is 11.3 Å². The summed E-state index contributed by atoms with van der Waals surface area (Å²) in [5.41, 5.74) is 2.63. The van der Waals surface area contributed by atoms with E-state index in [1.807, 2.05) is 0 Å². The molecule has 1 N–H and O–H groups in total. The van der Waals surface area contributed by atoms with E-state index in [-0.39, 0.29) is 6.61 Å². The van der Waals surface area contributed by atoms with E-state index < -0.39 is 0 Å². The van der Waals surface area contributed by atoms with E-state index in [1.165, 1.54) is 24.2 Å². The first-order chi connectivity index (χ1) is 9.33. The van der Waals surface area contributed by atoms with E-state index in [0.29, 0.717) is 5.92 Å². The first-order valence-corrected chi connectivity index (χ1v) is 7.99. The lowest BCUT2D eigenvalue weighted by molar-refractivity contribution is 0.188. The molecule has 2 aromatic rings. The molecule has 0 aromatic carbocycles. The molecule has 0 saturated heterocycles. The molecule has 0 aliphatic heterocycles. The zero-order valence-electron chi connectivity index (χ0n) is 11.4. The average Bonchev–Trinajstić information content (AvgIpc) is 3.03. The van der Waals surface area contributed by atoms with Gasteiger partial charge in [-0.2, -0.15) is 0 Å². The summed E-state index contributed by atoms with van der Waals surface area (Å²) in [4.78, 5) is 8.24. The summed E-state index contributed by atoms with van der Waals surface area (Å²) >= 11 is 1.71. The Hall–Kier alpha value is -0.910. The standard InChI is InChI=1S/C14H21N3OS/c1-2-5-16(6-8-18)10-12-13(11-3-4-11)15-14-17(12)7-9-19-14/h7,9,11,18H,2-6,8,10H2,1H3. The molecule has 0 radical (unpaired) electrons. The van der Waals surface area contributed by atoms with Crippen LogP contribution in [-0.2, 0) is 6.54 Å². The van der Waals surface area contributed by atoms with Gasteiger partial charge in [0.05, 0.1) is 18.0 Å². The Morgan fingerprint density at radius 1 is 1.47 bits per heavy atom. The van der Waals surface area contributed by atoms with Crippen molar-refractivity contribution >= 4 is 16.3 Å². The highest BCUT2D eigenvalue weighted by Crippen LogP contribution is 2.42. The Morgan fingerprint density at radius 3 is 3.00 bits per heavy atom. The number of imidazole rings is 1. The van der Waals surface area contributed by atoms with Crippen molar-refractivity contribution in [2.24, 2.45) is 0 Å². The first kappa shape index (κ1) is 13.1. The predicted octanol–water partition coefficient (Wildman–Crippen LogP) is 2.48. The zero-order valence-corrected chi connectivity index (χ0v) is 12.2.